The van der Waals surface area contributed by atoms with Crippen LogP contribution in [0.4, 0.5) is 0 Å². The maximum atomic E-state index is 12.8. The fraction of sp³-hybridized carbons (Fsp3) is 0.942. The molecule has 0 amide bonds. The molecular formula is C52H100O6. The Balaban J connectivity index is 4.31. The molecule has 0 radical (unpaired) electrons. The van der Waals surface area contributed by atoms with Crippen LogP contribution in [-0.2, 0) is 28.6 Å². The Labute approximate surface area is 361 Å². The Morgan fingerprint density at radius 2 is 0.603 bits per heavy atom. The van der Waals surface area contributed by atoms with Gasteiger partial charge in [0.25, 0.3) is 0 Å². The molecule has 0 bridgehead atoms. The van der Waals surface area contributed by atoms with Gasteiger partial charge in [-0.15, -0.1) is 0 Å². The van der Waals surface area contributed by atoms with Gasteiger partial charge in [0.1, 0.15) is 13.2 Å². The quantitative estimate of drug-likeness (QED) is 0.0346. The Hall–Kier alpha value is -1.59. The molecule has 0 aliphatic heterocycles. The van der Waals surface area contributed by atoms with Crippen LogP contribution in [0.3, 0.4) is 0 Å². The van der Waals surface area contributed by atoms with Gasteiger partial charge in [-0.25, -0.2) is 0 Å². The smallest absolute Gasteiger partial charge is 0.306 e. The van der Waals surface area contributed by atoms with Gasteiger partial charge in [0, 0.05) is 19.3 Å². The highest BCUT2D eigenvalue weighted by molar-refractivity contribution is 5.71. The lowest BCUT2D eigenvalue weighted by Gasteiger charge is -2.18. The van der Waals surface area contributed by atoms with Gasteiger partial charge in [0.05, 0.1) is 0 Å². The first kappa shape index (κ1) is 56.4. The first-order valence-corrected chi connectivity index (χ1v) is 25.6. The van der Waals surface area contributed by atoms with Crippen LogP contribution in [0.2, 0.25) is 0 Å². The molecule has 0 aromatic rings. The summed E-state index contributed by atoms with van der Waals surface area (Å²) in [5, 5.41) is 0. The summed E-state index contributed by atoms with van der Waals surface area (Å²) in [6.07, 6.45) is 42.3. The maximum Gasteiger partial charge on any atom is 0.306 e. The molecule has 0 spiro atoms. The van der Waals surface area contributed by atoms with Gasteiger partial charge in [-0.3, -0.25) is 14.4 Å². The minimum Gasteiger partial charge on any atom is -0.462 e. The Morgan fingerprint density at radius 3 is 0.897 bits per heavy atom. The fourth-order valence-corrected chi connectivity index (χ4v) is 7.73. The first-order chi connectivity index (χ1) is 28.1. The first-order valence-electron chi connectivity index (χ1n) is 25.6. The van der Waals surface area contributed by atoms with Gasteiger partial charge in [-0.05, 0) is 37.0 Å². The van der Waals surface area contributed by atoms with E-state index in [9.17, 15) is 14.4 Å². The predicted octanol–water partition coefficient (Wildman–Crippen LogP) is 16.4. The summed E-state index contributed by atoms with van der Waals surface area (Å²) in [6, 6.07) is 0. The normalized spacial score (nSPS) is 12.6. The van der Waals surface area contributed by atoms with Crippen LogP contribution in [0.1, 0.15) is 279 Å². The van der Waals surface area contributed by atoms with Crippen LogP contribution in [0.25, 0.3) is 0 Å². The van der Waals surface area contributed by atoms with Crippen LogP contribution in [-0.4, -0.2) is 37.2 Å². The van der Waals surface area contributed by atoms with E-state index in [1.807, 2.05) is 0 Å². The minimum atomic E-state index is -0.763. The number of hydrogen-bond acceptors (Lipinski definition) is 6. The Bertz CT molecular complexity index is 900. The molecule has 0 rings (SSSR count). The summed E-state index contributed by atoms with van der Waals surface area (Å²) in [6.45, 7) is 13.7. The number of carbonyl (C=O) groups is 3. The Kier molecular flexibility index (Phi) is 42.3. The van der Waals surface area contributed by atoms with Crippen molar-refractivity contribution < 1.29 is 28.6 Å². The average Bonchev–Trinajstić information content (AvgIpc) is 3.19. The third kappa shape index (κ3) is 44.0. The number of hydrogen-bond donors (Lipinski definition) is 0. The highest BCUT2D eigenvalue weighted by atomic mass is 16.6. The topological polar surface area (TPSA) is 78.9 Å². The molecule has 6 nitrogen and oxygen atoms in total. The molecule has 6 heteroatoms. The third-order valence-corrected chi connectivity index (χ3v) is 12.0. The fourth-order valence-electron chi connectivity index (χ4n) is 7.73. The molecule has 0 aromatic carbocycles. The highest BCUT2D eigenvalue weighted by Gasteiger charge is 2.19. The monoisotopic (exact) mass is 821 g/mol. The molecule has 344 valence electrons. The van der Waals surface area contributed by atoms with Crippen molar-refractivity contribution in [3.05, 3.63) is 0 Å². The molecule has 0 aliphatic carbocycles. The van der Waals surface area contributed by atoms with Crippen molar-refractivity contribution in [3.8, 4) is 0 Å². The number of ether oxygens (including phenoxy) is 3. The SMILES string of the molecule is CCC(C)CCCCCCCCCCC(=O)OC[C@@H](COC(=O)CCCCCCCCCCCCCCCC(C)C)OC(=O)CCCCCCCCCCCC(C)C. The van der Waals surface area contributed by atoms with E-state index in [2.05, 4.69) is 41.5 Å². The van der Waals surface area contributed by atoms with Crippen LogP contribution in [0.15, 0.2) is 0 Å². The Morgan fingerprint density at radius 1 is 0.345 bits per heavy atom. The molecule has 0 heterocycles. The largest absolute Gasteiger partial charge is 0.462 e. The van der Waals surface area contributed by atoms with E-state index < -0.39 is 6.10 Å². The summed E-state index contributed by atoms with van der Waals surface area (Å²) < 4.78 is 16.8. The van der Waals surface area contributed by atoms with Crippen LogP contribution < -0.4 is 0 Å². The number of rotatable bonds is 45. The van der Waals surface area contributed by atoms with Gasteiger partial charge < -0.3 is 14.2 Å². The zero-order valence-electron chi connectivity index (χ0n) is 39.8. The van der Waals surface area contributed by atoms with Gasteiger partial charge in [-0.1, -0.05) is 241 Å². The minimum absolute atomic E-state index is 0.0652. The van der Waals surface area contributed by atoms with E-state index in [0.29, 0.717) is 19.3 Å². The number of esters is 3. The lowest BCUT2D eigenvalue weighted by atomic mass is 9.99. The summed E-state index contributed by atoms with van der Waals surface area (Å²) in [5.41, 5.74) is 0. The van der Waals surface area contributed by atoms with Crippen LogP contribution >= 0.6 is 0 Å². The second-order valence-electron chi connectivity index (χ2n) is 19.0. The van der Waals surface area contributed by atoms with Crippen LogP contribution in [0, 0.1) is 17.8 Å². The zero-order valence-corrected chi connectivity index (χ0v) is 39.8. The van der Waals surface area contributed by atoms with Gasteiger partial charge in [-0.2, -0.15) is 0 Å². The zero-order chi connectivity index (χ0) is 42.7. The van der Waals surface area contributed by atoms with Crippen molar-refractivity contribution in [2.75, 3.05) is 13.2 Å². The van der Waals surface area contributed by atoms with Crippen molar-refractivity contribution in [1.82, 2.24) is 0 Å². The van der Waals surface area contributed by atoms with Crippen molar-refractivity contribution in [1.29, 1.82) is 0 Å². The van der Waals surface area contributed by atoms with Crippen molar-refractivity contribution in [2.24, 2.45) is 17.8 Å². The standard InChI is InChI=1S/C52H100O6/c1-7-48(6)40-34-28-22-18-19-24-30-36-42-51(54)57-45-49(58-52(55)43-37-31-25-17-13-15-21-27-33-39-47(4)5)44-56-50(53)41-35-29-23-16-12-10-8-9-11-14-20-26-32-38-46(2)3/h46-49H,7-45H2,1-6H3/t48?,49-/m1/s1. The van der Waals surface area contributed by atoms with Crippen molar-refractivity contribution >= 4 is 17.9 Å². The molecular weight excluding hydrogens is 721 g/mol. The molecule has 0 saturated heterocycles. The van der Waals surface area contributed by atoms with Gasteiger partial charge in [0.2, 0.25) is 0 Å². The maximum absolute atomic E-state index is 12.8. The average molecular weight is 821 g/mol. The number of carbonyl (C=O) groups excluding carboxylic acids is 3. The van der Waals surface area contributed by atoms with Gasteiger partial charge >= 0.3 is 17.9 Å². The predicted molar refractivity (Wildman–Crippen MR) is 247 cm³/mol. The summed E-state index contributed by atoms with van der Waals surface area (Å²) >= 11 is 0. The molecule has 0 saturated carbocycles. The summed E-state index contributed by atoms with van der Waals surface area (Å²) in [5.74, 6) is 1.64. The molecule has 1 unspecified atom stereocenters. The second-order valence-corrected chi connectivity index (χ2v) is 19.0. The lowest BCUT2D eigenvalue weighted by Crippen LogP contribution is -2.30. The molecule has 58 heavy (non-hydrogen) atoms. The van der Waals surface area contributed by atoms with Gasteiger partial charge in [0.15, 0.2) is 6.10 Å². The molecule has 0 aliphatic rings. The van der Waals surface area contributed by atoms with E-state index >= 15 is 0 Å². The second kappa shape index (κ2) is 43.5. The van der Waals surface area contributed by atoms with Crippen LogP contribution in [0.5, 0.6) is 0 Å². The molecule has 0 fully saturated rings. The van der Waals surface area contributed by atoms with Crippen molar-refractivity contribution in [3.63, 3.8) is 0 Å². The molecule has 2 atom stereocenters. The highest BCUT2D eigenvalue weighted by Crippen LogP contribution is 2.18. The number of unbranched alkanes of at least 4 members (excludes halogenated alkanes) is 27. The van der Waals surface area contributed by atoms with E-state index in [1.54, 1.807) is 0 Å². The van der Waals surface area contributed by atoms with E-state index in [4.69, 9.17) is 14.2 Å². The summed E-state index contributed by atoms with van der Waals surface area (Å²) in [7, 11) is 0. The molecule has 0 N–H and O–H groups in total. The van der Waals surface area contributed by atoms with E-state index in [-0.39, 0.29) is 31.1 Å². The van der Waals surface area contributed by atoms with Crippen molar-refractivity contribution in [2.45, 2.75) is 285 Å². The third-order valence-electron chi connectivity index (χ3n) is 12.0. The van der Waals surface area contributed by atoms with E-state index in [0.717, 1.165) is 75.5 Å². The lowest BCUT2D eigenvalue weighted by molar-refractivity contribution is -0.167. The molecule has 0 aromatic heterocycles. The summed E-state index contributed by atoms with van der Waals surface area (Å²) in [4.78, 5) is 37.9. The van der Waals surface area contributed by atoms with E-state index in [1.165, 1.54) is 161 Å².